The van der Waals surface area contributed by atoms with E-state index in [9.17, 15) is 35.9 Å². The third-order valence-corrected chi connectivity index (χ3v) is 10.6. The third-order valence-electron chi connectivity index (χ3n) is 10.6. The monoisotopic (exact) mass is 765 g/mol. The number of methoxy groups -OCH3 is 2. The van der Waals surface area contributed by atoms with Gasteiger partial charge < -0.3 is 14.2 Å². The first kappa shape index (κ1) is 39.4. The first-order chi connectivity index (χ1) is 25.8. The predicted molar refractivity (Wildman–Crippen MR) is 196 cm³/mol. The number of amides is 1. The van der Waals surface area contributed by atoms with Crippen molar-refractivity contribution in [3.05, 3.63) is 118 Å². The van der Waals surface area contributed by atoms with E-state index in [4.69, 9.17) is 14.2 Å². The van der Waals surface area contributed by atoms with Gasteiger partial charge in [-0.3, -0.25) is 4.90 Å². The smallest absolute Gasteiger partial charge is 0.416 e. The minimum atomic E-state index is -5.05. The zero-order valence-corrected chi connectivity index (χ0v) is 31.2. The fourth-order valence-corrected chi connectivity index (χ4v) is 7.69. The second kappa shape index (κ2) is 14.8. The first-order valence-electron chi connectivity index (χ1n) is 17.8. The molecule has 55 heavy (non-hydrogen) atoms. The van der Waals surface area contributed by atoms with Crippen LogP contribution in [0.1, 0.15) is 84.3 Å². The summed E-state index contributed by atoms with van der Waals surface area (Å²) in [6.07, 6.45) is -10.3. The molecule has 12 heteroatoms. The molecule has 1 heterocycles. The van der Waals surface area contributed by atoms with Gasteiger partial charge in [0.15, 0.2) is 0 Å². The Morgan fingerprint density at radius 1 is 0.855 bits per heavy atom. The van der Waals surface area contributed by atoms with Gasteiger partial charge >= 0.3 is 24.4 Å². The van der Waals surface area contributed by atoms with Crippen molar-refractivity contribution in [3.8, 4) is 28.0 Å². The number of esters is 1. The zero-order chi connectivity index (χ0) is 40.0. The van der Waals surface area contributed by atoms with Gasteiger partial charge in [0.05, 0.1) is 37.0 Å². The number of carbonyl (C=O) groups is 2. The van der Waals surface area contributed by atoms with Gasteiger partial charge in [0.1, 0.15) is 11.9 Å². The molecule has 2 aliphatic rings. The van der Waals surface area contributed by atoms with Crippen LogP contribution in [0.25, 0.3) is 27.8 Å². The van der Waals surface area contributed by atoms with Crippen LogP contribution in [-0.4, -0.2) is 43.8 Å². The Bertz CT molecular complexity index is 2140. The lowest BCUT2D eigenvalue weighted by Gasteiger charge is -2.36. The first-order valence-corrected chi connectivity index (χ1v) is 17.8. The Morgan fingerprint density at radius 2 is 1.51 bits per heavy atom. The maximum absolute atomic E-state index is 13.8. The molecule has 6 rings (SSSR count). The number of hydrogen-bond donors (Lipinski definition) is 0. The number of nitrogens with zero attached hydrogens (tertiary/aromatic N) is 1. The van der Waals surface area contributed by atoms with E-state index < -0.39 is 47.7 Å². The number of hydrogen-bond acceptors (Lipinski definition) is 5. The Morgan fingerprint density at radius 3 is 2.13 bits per heavy atom. The summed E-state index contributed by atoms with van der Waals surface area (Å²) < 4.78 is 98.8. The molecule has 0 radical (unpaired) electrons. The van der Waals surface area contributed by atoms with Crippen LogP contribution < -0.4 is 4.74 Å². The summed E-state index contributed by atoms with van der Waals surface area (Å²) in [6, 6.07) is 19.4. The van der Waals surface area contributed by atoms with Crippen LogP contribution in [-0.2, 0) is 21.8 Å². The van der Waals surface area contributed by atoms with Crippen LogP contribution in [0.4, 0.5) is 31.1 Å². The van der Waals surface area contributed by atoms with Crippen LogP contribution in [0.15, 0.2) is 84.4 Å². The van der Waals surface area contributed by atoms with Crippen molar-refractivity contribution in [1.82, 2.24) is 4.90 Å². The zero-order valence-electron chi connectivity index (χ0n) is 31.2. The number of aryl methyl sites for hydroxylation is 1. The van der Waals surface area contributed by atoms with E-state index in [0.29, 0.717) is 36.3 Å². The molecule has 2 atom stereocenters. The molecule has 1 fully saturated rings. The van der Waals surface area contributed by atoms with Crippen molar-refractivity contribution in [1.29, 1.82) is 0 Å². The highest BCUT2D eigenvalue weighted by Crippen LogP contribution is 2.48. The van der Waals surface area contributed by atoms with Crippen molar-refractivity contribution in [2.75, 3.05) is 20.8 Å². The average molecular weight is 766 g/mol. The minimum absolute atomic E-state index is 0.0444. The molecule has 0 saturated carbocycles. The molecule has 0 spiro atoms. The van der Waals surface area contributed by atoms with Crippen molar-refractivity contribution >= 4 is 17.6 Å². The highest BCUT2D eigenvalue weighted by Gasteiger charge is 2.44. The van der Waals surface area contributed by atoms with E-state index in [-0.39, 0.29) is 23.6 Å². The molecule has 1 aliphatic carbocycles. The molecule has 0 unspecified atom stereocenters. The lowest BCUT2D eigenvalue weighted by atomic mass is 9.71. The summed E-state index contributed by atoms with van der Waals surface area (Å²) in [5.74, 6) is 0.194. The lowest BCUT2D eigenvalue weighted by Crippen LogP contribution is -2.35. The summed E-state index contributed by atoms with van der Waals surface area (Å²) in [4.78, 5) is 27.2. The quantitative estimate of drug-likeness (QED) is 0.132. The third kappa shape index (κ3) is 8.09. The molecule has 1 saturated heterocycles. The Balaban J connectivity index is 1.47. The van der Waals surface area contributed by atoms with Gasteiger partial charge in [0.25, 0.3) is 0 Å². The fraction of sp³-hybridized carbons (Fsp3) is 0.349. The van der Waals surface area contributed by atoms with Crippen LogP contribution in [0, 0.1) is 12.3 Å². The molecular weight excluding hydrogens is 724 g/mol. The summed E-state index contributed by atoms with van der Waals surface area (Å²) in [7, 11) is 2.91. The van der Waals surface area contributed by atoms with Crippen molar-refractivity contribution in [3.63, 3.8) is 0 Å². The maximum atomic E-state index is 13.8. The summed E-state index contributed by atoms with van der Waals surface area (Å²) in [5, 5.41) is 0. The van der Waals surface area contributed by atoms with E-state index in [2.05, 4.69) is 19.9 Å². The van der Waals surface area contributed by atoms with Gasteiger partial charge in [-0.25, -0.2) is 9.59 Å². The minimum Gasteiger partial charge on any atom is -0.496 e. The predicted octanol–water partition coefficient (Wildman–Crippen LogP) is 11.7. The van der Waals surface area contributed by atoms with E-state index >= 15 is 0 Å². The van der Waals surface area contributed by atoms with E-state index in [1.54, 1.807) is 26.2 Å². The lowest BCUT2D eigenvalue weighted by molar-refractivity contribution is -0.143. The van der Waals surface area contributed by atoms with Gasteiger partial charge in [-0.05, 0) is 126 Å². The summed E-state index contributed by atoms with van der Waals surface area (Å²) in [5.41, 5.74) is 3.95. The molecule has 0 aromatic heterocycles. The standard InChI is InChI=1S/C43H41F6NO5/c1-24-17-27(39(51)54-6)12-13-32(24)26-11-14-34(35-9-7-8-10-37(35)53-5)36(20-26)33-15-16-41(3,4)22-29(33)23-50-25(2)38(55-40(50)52)28-18-30(42(44,45)46)21-31(19-28)43(47,48)49/h7-14,17-21,25,38H,15-16,22-23H2,1-6H3/t25-,38+/m1/s1. The van der Waals surface area contributed by atoms with E-state index in [1.165, 1.54) is 12.0 Å². The van der Waals surface area contributed by atoms with Gasteiger partial charge in [-0.15, -0.1) is 0 Å². The van der Waals surface area contributed by atoms with Gasteiger partial charge in [0, 0.05) is 12.1 Å². The topological polar surface area (TPSA) is 65.1 Å². The van der Waals surface area contributed by atoms with Gasteiger partial charge in [0.2, 0.25) is 0 Å². The second-order valence-electron chi connectivity index (χ2n) is 14.9. The van der Waals surface area contributed by atoms with Crippen LogP contribution in [0.2, 0.25) is 0 Å². The SMILES string of the molecule is COC(=O)c1ccc(-c2ccc(-c3ccccc3OC)c(C3=C(CN4C(=O)O[C@H](c5cc(C(F)(F)F)cc(C(F)(F)F)c5)[C@H]4C)CC(C)(C)CC3)c2)c(C)c1. The van der Waals surface area contributed by atoms with Crippen molar-refractivity contribution in [2.45, 2.75) is 71.5 Å². The number of carbonyl (C=O) groups excluding carboxylic acids is 2. The van der Waals surface area contributed by atoms with Crippen LogP contribution in [0.3, 0.4) is 0 Å². The number of para-hydroxylation sites is 1. The normalized spacial score (nSPS) is 18.7. The maximum Gasteiger partial charge on any atom is 0.416 e. The van der Waals surface area contributed by atoms with E-state index in [0.717, 1.165) is 50.9 Å². The highest BCUT2D eigenvalue weighted by atomic mass is 19.4. The molecule has 4 aromatic rings. The van der Waals surface area contributed by atoms with Crippen LogP contribution >= 0.6 is 0 Å². The largest absolute Gasteiger partial charge is 0.496 e. The number of allylic oxidation sites excluding steroid dienone is 1. The molecule has 1 aliphatic heterocycles. The van der Waals surface area contributed by atoms with Gasteiger partial charge in [-0.1, -0.05) is 50.2 Å². The molecule has 4 aromatic carbocycles. The fourth-order valence-electron chi connectivity index (χ4n) is 7.69. The van der Waals surface area contributed by atoms with Crippen molar-refractivity contribution < 1.29 is 50.1 Å². The number of halogens is 6. The average Bonchev–Trinajstić information content (AvgIpc) is 3.41. The number of alkyl halides is 6. The highest BCUT2D eigenvalue weighted by molar-refractivity contribution is 5.92. The molecule has 0 bridgehead atoms. The van der Waals surface area contributed by atoms with Crippen molar-refractivity contribution in [2.24, 2.45) is 5.41 Å². The van der Waals surface area contributed by atoms with Gasteiger partial charge in [-0.2, -0.15) is 26.3 Å². The molecular formula is C43H41F6NO5. The number of ether oxygens (including phenoxy) is 3. The molecule has 1 amide bonds. The molecule has 0 N–H and O–H groups in total. The number of cyclic esters (lactones) is 1. The number of rotatable bonds is 8. The Labute approximate surface area is 315 Å². The second-order valence-corrected chi connectivity index (χ2v) is 14.9. The Hall–Kier alpha value is -5.26. The Kier molecular flexibility index (Phi) is 10.6. The molecule has 6 nitrogen and oxygen atoms in total. The molecule has 290 valence electrons. The number of benzene rings is 4. The summed E-state index contributed by atoms with van der Waals surface area (Å²) in [6.45, 7) is 7.75. The van der Waals surface area contributed by atoms with E-state index in [1.807, 2.05) is 49.4 Å². The van der Waals surface area contributed by atoms with Crippen LogP contribution in [0.5, 0.6) is 5.75 Å². The summed E-state index contributed by atoms with van der Waals surface area (Å²) >= 11 is 0.